The van der Waals surface area contributed by atoms with E-state index in [1.165, 1.54) is 12.1 Å². The van der Waals surface area contributed by atoms with Crippen LogP contribution in [-0.4, -0.2) is 38.7 Å². The topological polar surface area (TPSA) is 92.7 Å². The second kappa shape index (κ2) is 5.90. The van der Waals surface area contributed by atoms with Crippen LogP contribution in [0, 0.1) is 0 Å². The maximum Gasteiger partial charge on any atom is 0.336 e. The van der Waals surface area contributed by atoms with Crippen LogP contribution in [0.4, 0.5) is 0 Å². The molecule has 7 heteroatoms. The minimum Gasteiger partial charge on any atom is -0.478 e. The molecule has 0 amide bonds. The molecule has 1 aliphatic heterocycles. The second-order valence-corrected chi connectivity index (χ2v) is 6.37. The van der Waals surface area contributed by atoms with Gasteiger partial charge in [-0.1, -0.05) is 13.0 Å². The molecule has 1 unspecified atom stereocenters. The normalized spacial score (nSPS) is 19.1. The predicted molar refractivity (Wildman–Crippen MR) is 72.3 cm³/mol. The highest BCUT2D eigenvalue weighted by Crippen LogP contribution is 2.18. The third-order valence-electron chi connectivity index (χ3n) is 3.25. The zero-order valence-corrected chi connectivity index (χ0v) is 11.9. The Kier molecular flexibility index (Phi) is 4.42. The molecule has 0 aromatic heterocycles. The maximum absolute atomic E-state index is 12.2. The molecule has 1 heterocycles. The van der Waals surface area contributed by atoms with E-state index >= 15 is 0 Å². The van der Waals surface area contributed by atoms with Crippen LogP contribution in [-0.2, 0) is 21.2 Å². The first kappa shape index (κ1) is 15.0. The molecule has 0 radical (unpaired) electrons. The van der Waals surface area contributed by atoms with Crippen LogP contribution >= 0.6 is 0 Å². The van der Waals surface area contributed by atoms with Gasteiger partial charge in [0.25, 0.3) is 0 Å². The van der Waals surface area contributed by atoms with Crippen LogP contribution in [0.2, 0.25) is 0 Å². The number of nitrogens with one attached hydrogen (secondary N) is 1. The Labute approximate surface area is 117 Å². The molecular weight excluding hydrogens is 282 g/mol. The van der Waals surface area contributed by atoms with Gasteiger partial charge in [0.1, 0.15) is 0 Å². The van der Waals surface area contributed by atoms with Crippen molar-refractivity contribution in [2.24, 2.45) is 0 Å². The first-order valence-corrected chi connectivity index (χ1v) is 7.88. The van der Waals surface area contributed by atoms with Crippen LogP contribution in [0.15, 0.2) is 23.1 Å². The van der Waals surface area contributed by atoms with Gasteiger partial charge in [-0.15, -0.1) is 0 Å². The lowest BCUT2D eigenvalue weighted by Crippen LogP contribution is -2.35. The van der Waals surface area contributed by atoms with Gasteiger partial charge in [-0.2, -0.15) is 0 Å². The highest BCUT2D eigenvalue weighted by molar-refractivity contribution is 7.89. The molecule has 1 fully saturated rings. The zero-order chi connectivity index (χ0) is 14.8. The van der Waals surface area contributed by atoms with Crippen molar-refractivity contribution in [3.63, 3.8) is 0 Å². The molecular formula is C13H17NO5S. The van der Waals surface area contributed by atoms with E-state index in [0.29, 0.717) is 31.6 Å². The van der Waals surface area contributed by atoms with Crippen LogP contribution in [0.5, 0.6) is 0 Å². The van der Waals surface area contributed by atoms with Crippen molar-refractivity contribution < 1.29 is 23.1 Å². The van der Waals surface area contributed by atoms with E-state index in [-0.39, 0.29) is 16.5 Å². The highest BCUT2D eigenvalue weighted by atomic mass is 32.2. The standard InChI is InChI=1S/C13H17NO5S/c1-2-9-3-4-11(7-12(9)13(15)16)20(17,18)14-10-5-6-19-8-10/h3-4,7,10,14H,2,5-6,8H2,1H3,(H,15,16). The Morgan fingerprint density at radius 1 is 1.50 bits per heavy atom. The van der Waals surface area contributed by atoms with Crippen molar-refractivity contribution in [3.05, 3.63) is 29.3 Å². The largest absolute Gasteiger partial charge is 0.478 e. The summed E-state index contributed by atoms with van der Waals surface area (Å²) in [6.07, 6.45) is 1.16. The minimum absolute atomic E-state index is 0.0260. The number of carboxylic acid groups (broad SMARTS) is 1. The lowest BCUT2D eigenvalue weighted by molar-refractivity contribution is 0.0695. The number of sulfonamides is 1. The fraction of sp³-hybridized carbons (Fsp3) is 0.462. The summed E-state index contributed by atoms with van der Waals surface area (Å²) in [4.78, 5) is 11.1. The smallest absolute Gasteiger partial charge is 0.336 e. The van der Waals surface area contributed by atoms with Gasteiger partial charge in [0, 0.05) is 12.6 Å². The predicted octanol–water partition coefficient (Wildman–Crippen LogP) is 1.01. The molecule has 20 heavy (non-hydrogen) atoms. The third kappa shape index (κ3) is 3.17. The molecule has 0 spiro atoms. The number of benzene rings is 1. The SMILES string of the molecule is CCc1ccc(S(=O)(=O)NC2CCOC2)cc1C(=O)O. The van der Waals surface area contributed by atoms with E-state index < -0.39 is 16.0 Å². The Morgan fingerprint density at radius 2 is 2.25 bits per heavy atom. The summed E-state index contributed by atoms with van der Waals surface area (Å²) in [5.41, 5.74) is 0.638. The summed E-state index contributed by atoms with van der Waals surface area (Å²) in [5, 5.41) is 9.14. The van der Waals surface area contributed by atoms with Gasteiger partial charge in [0.05, 0.1) is 17.1 Å². The highest BCUT2D eigenvalue weighted by Gasteiger charge is 2.24. The van der Waals surface area contributed by atoms with Crippen molar-refractivity contribution >= 4 is 16.0 Å². The van der Waals surface area contributed by atoms with Gasteiger partial charge in [-0.3, -0.25) is 0 Å². The van der Waals surface area contributed by atoms with Gasteiger partial charge in [0.2, 0.25) is 10.0 Å². The van der Waals surface area contributed by atoms with Crippen LogP contribution in [0.3, 0.4) is 0 Å². The molecule has 110 valence electrons. The van der Waals surface area contributed by atoms with Gasteiger partial charge < -0.3 is 9.84 Å². The number of aromatic carboxylic acids is 1. The zero-order valence-electron chi connectivity index (χ0n) is 11.1. The summed E-state index contributed by atoms with van der Waals surface area (Å²) in [5.74, 6) is -1.12. The quantitative estimate of drug-likeness (QED) is 0.846. The Bertz CT molecular complexity index is 605. The average Bonchev–Trinajstić information content (AvgIpc) is 2.89. The van der Waals surface area contributed by atoms with Crippen molar-refractivity contribution in [3.8, 4) is 0 Å². The van der Waals surface area contributed by atoms with E-state index in [4.69, 9.17) is 9.84 Å². The summed E-state index contributed by atoms with van der Waals surface area (Å²) < 4.78 is 32.1. The number of hydrogen-bond donors (Lipinski definition) is 2. The van der Waals surface area contributed by atoms with E-state index in [2.05, 4.69) is 4.72 Å². The van der Waals surface area contributed by atoms with Gasteiger partial charge in [-0.25, -0.2) is 17.9 Å². The number of hydrogen-bond acceptors (Lipinski definition) is 4. The van der Waals surface area contributed by atoms with Crippen LogP contribution in [0.1, 0.15) is 29.3 Å². The first-order valence-electron chi connectivity index (χ1n) is 6.40. The lowest BCUT2D eigenvalue weighted by atomic mass is 10.1. The molecule has 2 N–H and O–H groups in total. The Morgan fingerprint density at radius 3 is 2.80 bits per heavy atom. The summed E-state index contributed by atoms with van der Waals surface area (Å²) in [7, 11) is -3.72. The molecule has 6 nitrogen and oxygen atoms in total. The van der Waals surface area contributed by atoms with Crippen molar-refractivity contribution in [1.29, 1.82) is 0 Å². The molecule has 1 aromatic rings. The van der Waals surface area contributed by atoms with Gasteiger partial charge in [-0.05, 0) is 30.5 Å². The lowest BCUT2D eigenvalue weighted by Gasteiger charge is -2.13. The first-order chi connectivity index (χ1) is 9.44. The maximum atomic E-state index is 12.2. The van der Waals surface area contributed by atoms with E-state index in [1.54, 1.807) is 6.07 Å². The van der Waals surface area contributed by atoms with E-state index in [0.717, 1.165) is 0 Å². The average molecular weight is 299 g/mol. The number of carbonyl (C=O) groups is 1. The summed E-state index contributed by atoms with van der Waals surface area (Å²) in [6, 6.07) is 3.94. The number of aryl methyl sites for hydroxylation is 1. The van der Waals surface area contributed by atoms with Crippen LogP contribution in [0.25, 0.3) is 0 Å². The monoisotopic (exact) mass is 299 g/mol. The third-order valence-corrected chi connectivity index (χ3v) is 4.77. The van der Waals surface area contributed by atoms with Crippen molar-refractivity contribution in [1.82, 2.24) is 4.72 Å². The fourth-order valence-electron chi connectivity index (χ4n) is 2.15. The number of rotatable bonds is 5. The molecule has 0 saturated carbocycles. The van der Waals surface area contributed by atoms with Crippen molar-refractivity contribution in [2.75, 3.05) is 13.2 Å². The van der Waals surface area contributed by atoms with Crippen LogP contribution < -0.4 is 4.72 Å². The molecule has 1 saturated heterocycles. The molecule has 2 rings (SSSR count). The molecule has 0 aliphatic carbocycles. The van der Waals surface area contributed by atoms with Crippen molar-refractivity contribution in [2.45, 2.75) is 30.7 Å². The Balaban J connectivity index is 2.31. The van der Waals surface area contributed by atoms with E-state index in [1.807, 2.05) is 6.92 Å². The summed E-state index contributed by atoms with van der Waals surface area (Å²) in [6.45, 7) is 2.70. The minimum atomic E-state index is -3.72. The molecule has 1 aromatic carbocycles. The Hall–Kier alpha value is -1.44. The fourth-order valence-corrected chi connectivity index (χ4v) is 3.43. The van der Waals surface area contributed by atoms with E-state index in [9.17, 15) is 13.2 Å². The molecule has 1 aliphatic rings. The number of carboxylic acids is 1. The summed E-state index contributed by atoms with van der Waals surface area (Å²) >= 11 is 0. The molecule has 0 bridgehead atoms. The number of ether oxygens (including phenoxy) is 1. The second-order valence-electron chi connectivity index (χ2n) is 4.66. The van der Waals surface area contributed by atoms with Gasteiger partial charge in [0.15, 0.2) is 0 Å². The molecule has 1 atom stereocenters. The van der Waals surface area contributed by atoms with Gasteiger partial charge >= 0.3 is 5.97 Å².